The van der Waals surface area contributed by atoms with E-state index in [0.29, 0.717) is 24.9 Å². The van der Waals surface area contributed by atoms with Gasteiger partial charge in [-0.2, -0.15) is 4.98 Å². The second-order valence-electron chi connectivity index (χ2n) is 6.62. The van der Waals surface area contributed by atoms with Crippen LogP contribution in [0.2, 0.25) is 0 Å². The van der Waals surface area contributed by atoms with Crippen molar-refractivity contribution in [3.63, 3.8) is 0 Å². The zero-order valence-electron chi connectivity index (χ0n) is 14.3. The Morgan fingerprint density at radius 1 is 1.32 bits per heavy atom. The van der Waals surface area contributed by atoms with Crippen molar-refractivity contribution in [3.8, 4) is 0 Å². The van der Waals surface area contributed by atoms with E-state index in [0.717, 1.165) is 37.4 Å². The fraction of sp³-hybridized carbons (Fsp3) is 0.529. The van der Waals surface area contributed by atoms with Crippen molar-refractivity contribution in [2.75, 3.05) is 31.1 Å². The van der Waals surface area contributed by atoms with E-state index in [9.17, 15) is 4.79 Å². The van der Waals surface area contributed by atoms with Crippen molar-refractivity contribution in [3.05, 3.63) is 36.2 Å². The summed E-state index contributed by atoms with van der Waals surface area (Å²) in [6.07, 6.45) is 5.87. The van der Waals surface area contributed by atoms with Crippen LogP contribution in [-0.4, -0.2) is 52.2 Å². The van der Waals surface area contributed by atoms with E-state index in [1.165, 1.54) is 0 Å². The molecule has 0 unspecified atom stereocenters. The minimum Gasteiger partial charge on any atom is -0.367 e. The Morgan fingerprint density at radius 2 is 2.12 bits per heavy atom. The number of aromatic nitrogens is 3. The molecule has 8 heteroatoms. The third-order valence-corrected chi connectivity index (χ3v) is 4.69. The Kier molecular flexibility index (Phi) is 4.25. The van der Waals surface area contributed by atoms with Crippen LogP contribution in [0.5, 0.6) is 0 Å². The van der Waals surface area contributed by atoms with E-state index in [4.69, 9.17) is 4.52 Å². The molecule has 1 saturated carbocycles. The molecular formula is C17H22N6O2. The van der Waals surface area contributed by atoms with Crippen LogP contribution in [0.1, 0.15) is 43.4 Å². The van der Waals surface area contributed by atoms with E-state index in [1.54, 1.807) is 6.20 Å². The molecule has 2 amide bonds. The van der Waals surface area contributed by atoms with Gasteiger partial charge >= 0.3 is 6.03 Å². The smallest absolute Gasteiger partial charge is 0.318 e. The molecule has 3 heterocycles. The van der Waals surface area contributed by atoms with E-state index in [1.807, 2.05) is 30.2 Å². The number of hydrogen-bond donors (Lipinski definition) is 1. The molecule has 1 saturated heterocycles. The highest BCUT2D eigenvalue weighted by Crippen LogP contribution is 2.38. The molecule has 2 aromatic rings. The van der Waals surface area contributed by atoms with Crippen molar-refractivity contribution in [1.29, 1.82) is 0 Å². The first-order chi connectivity index (χ1) is 12.2. The van der Waals surface area contributed by atoms with Gasteiger partial charge in [0, 0.05) is 38.3 Å². The zero-order chi connectivity index (χ0) is 17.2. The molecule has 8 nitrogen and oxygen atoms in total. The lowest BCUT2D eigenvalue weighted by Crippen LogP contribution is -2.52. The van der Waals surface area contributed by atoms with Crippen LogP contribution in [-0.2, 0) is 0 Å². The van der Waals surface area contributed by atoms with Gasteiger partial charge in [-0.25, -0.2) is 4.79 Å². The van der Waals surface area contributed by atoms with E-state index < -0.39 is 0 Å². The van der Waals surface area contributed by atoms with Crippen LogP contribution in [0.4, 0.5) is 10.5 Å². The average molecular weight is 342 g/mol. The molecule has 0 bridgehead atoms. The molecular weight excluding hydrogens is 320 g/mol. The lowest BCUT2D eigenvalue weighted by molar-refractivity contribution is 0.188. The first kappa shape index (κ1) is 15.9. The van der Waals surface area contributed by atoms with Crippen LogP contribution >= 0.6 is 0 Å². The highest BCUT2D eigenvalue weighted by atomic mass is 16.5. The predicted octanol–water partition coefficient (Wildman–Crippen LogP) is 1.93. The molecule has 132 valence electrons. The van der Waals surface area contributed by atoms with E-state index >= 15 is 0 Å². The summed E-state index contributed by atoms with van der Waals surface area (Å²) in [5.41, 5.74) is 1.09. The highest BCUT2D eigenvalue weighted by molar-refractivity contribution is 5.75. The van der Waals surface area contributed by atoms with Gasteiger partial charge in [0.05, 0.1) is 11.9 Å². The molecule has 2 aliphatic rings. The highest BCUT2D eigenvalue weighted by Gasteiger charge is 2.30. The normalized spacial score (nSPS) is 18.9. The lowest BCUT2D eigenvalue weighted by atomic mass is 10.3. The van der Waals surface area contributed by atoms with E-state index in [-0.39, 0.29) is 12.1 Å². The Hall–Kier alpha value is -2.64. The second-order valence-corrected chi connectivity index (χ2v) is 6.62. The predicted molar refractivity (Wildman–Crippen MR) is 91.2 cm³/mol. The van der Waals surface area contributed by atoms with Gasteiger partial charge in [-0.3, -0.25) is 4.98 Å². The molecule has 1 aliphatic carbocycles. The Balaban J connectivity index is 1.29. The van der Waals surface area contributed by atoms with Gasteiger partial charge in [-0.05, 0) is 31.9 Å². The molecule has 25 heavy (non-hydrogen) atoms. The summed E-state index contributed by atoms with van der Waals surface area (Å²) >= 11 is 0. The molecule has 2 fully saturated rings. The van der Waals surface area contributed by atoms with E-state index in [2.05, 4.69) is 25.3 Å². The molecule has 0 aromatic carbocycles. The topological polar surface area (TPSA) is 87.4 Å². The number of hydrogen-bond acceptors (Lipinski definition) is 6. The number of carbonyl (C=O) groups excluding carboxylic acids is 1. The first-order valence-electron chi connectivity index (χ1n) is 8.74. The van der Waals surface area contributed by atoms with Gasteiger partial charge < -0.3 is 19.6 Å². The summed E-state index contributed by atoms with van der Waals surface area (Å²) < 4.78 is 5.28. The van der Waals surface area contributed by atoms with Crippen LogP contribution in [0, 0.1) is 0 Å². The van der Waals surface area contributed by atoms with Gasteiger partial charge in [-0.1, -0.05) is 5.16 Å². The number of amides is 2. The summed E-state index contributed by atoms with van der Waals surface area (Å²) in [7, 11) is 0. The number of nitrogens with one attached hydrogen (secondary N) is 1. The molecule has 1 aliphatic heterocycles. The third kappa shape index (κ3) is 3.57. The average Bonchev–Trinajstić information content (AvgIpc) is 3.39. The molecule has 1 atom stereocenters. The van der Waals surface area contributed by atoms with Crippen molar-refractivity contribution in [2.24, 2.45) is 0 Å². The standard InChI is InChI=1S/C17H22N6O2/c1-12(16-20-15(21-25-16)13-4-5-13)19-17(24)23-9-7-22(8-10-23)14-3-2-6-18-11-14/h2-3,6,11-13H,4-5,7-10H2,1H3,(H,19,24)/t12-/m1/s1. The summed E-state index contributed by atoms with van der Waals surface area (Å²) in [6.45, 7) is 4.79. The minimum absolute atomic E-state index is 0.0930. The zero-order valence-corrected chi connectivity index (χ0v) is 14.3. The largest absolute Gasteiger partial charge is 0.367 e. The van der Waals surface area contributed by atoms with Gasteiger partial charge in [0.2, 0.25) is 5.89 Å². The summed E-state index contributed by atoms with van der Waals surface area (Å²) in [4.78, 5) is 25.1. The van der Waals surface area contributed by atoms with Crippen LogP contribution in [0.3, 0.4) is 0 Å². The van der Waals surface area contributed by atoms with Gasteiger partial charge in [0.15, 0.2) is 5.82 Å². The SMILES string of the molecule is C[C@@H](NC(=O)N1CCN(c2cccnc2)CC1)c1nc(C2CC2)no1. The molecule has 4 rings (SSSR count). The fourth-order valence-corrected chi connectivity index (χ4v) is 2.98. The van der Waals surface area contributed by atoms with Crippen molar-refractivity contribution in [2.45, 2.75) is 31.7 Å². The first-order valence-corrected chi connectivity index (χ1v) is 8.74. The fourth-order valence-electron chi connectivity index (χ4n) is 2.98. The molecule has 0 radical (unpaired) electrons. The maximum absolute atomic E-state index is 12.5. The number of carbonyl (C=O) groups is 1. The van der Waals surface area contributed by atoms with Crippen molar-refractivity contribution < 1.29 is 9.32 Å². The number of piperazine rings is 1. The Morgan fingerprint density at radius 3 is 2.80 bits per heavy atom. The minimum atomic E-state index is -0.288. The second kappa shape index (κ2) is 6.70. The van der Waals surface area contributed by atoms with Gasteiger partial charge in [-0.15, -0.1) is 0 Å². The molecule has 2 aromatic heterocycles. The summed E-state index contributed by atoms with van der Waals surface area (Å²) in [6, 6.07) is 3.59. The van der Waals surface area contributed by atoms with Crippen LogP contribution in [0.15, 0.2) is 29.0 Å². The van der Waals surface area contributed by atoms with Crippen molar-refractivity contribution in [1.82, 2.24) is 25.3 Å². The quantitative estimate of drug-likeness (QED) is 0.913. The number of pyridine rings is 1. The monoisotopic (exact) mass is 342 g/mol. The molecule has 1 N–H and O–H groups in total. The summed E-state index contributed by atoms with van der Waals surface area (Å²) in [5, 5.41) is 6.95. The molecule has 0 spiro atoms. The third-order valence-electron chi connectivity index (χ3n) is 4.69. The lowest BCUT2D eigenvalue weighted by Gasteiger charge is -2.36. The number of nitrogens with zero attached hydrogens (tertiary/aromatic N) is 5. The van der Waals surface area contributed by atoms with Crippen LogP contribution < -0.4 is 10.2 Å². The Labute approximate surface area is 146 Å². The maximum Gasteiger partial charge on any atom is 0.318 e. The van der Waals surface area contributed by atoms with Gasteiger partial charge in [0.1, 0.15) is 6.04 Å². The maximum atomic E-state index is 12.5. The number of urea groups is 1. The number of anilines is 1. The van der Waals surface area contributed by atoms with Crippen molar-refractivity contribution >= 4 is 11.7 Å². The Bertz CT molecular complexity index is 722. The number of rotatable bonds is 4. The summed E-state index contributed by atoms with van der Waals surface area (Å²) in [5.74, 6) is 1.69. The van der Waals surface area contributed by atoms with Gasteiger partial charge in [0.25, 0.3) is 0 Å². The van der Waals surface area contributed by atoms with Crippen LogP contribution in [0.25, 0.3) is 0 Å².